The summed E-state index contributed by atoms with van der Waals surface area (Å²) < 4.78 is 49.9. The maximum absolute atomic E-state index is 14.8. The second-order valence-electron chi connectivity index (χ2n) is 8.64. The first-order valence-corrected chi connectivity index (χ1v) is 12.5. The van der Waals surface area contributed by atoms with E-state index in [1.54, 1.807) is 25.1 Å². The molecule has 12 heteroatoms. The van der Waals surface area contributed by atoms with Gasteiger partial charge < -0.3 is 10.8 Å². The molecule has 0 saturated heterocycles. The molecule has 0 aliphatic carbocycles. The first kappa shape index (κ1) is 30.5. The maximum atomic E-state index is 14.8. The summed E-state index contributed by atoms with van der Waals surface area (Å²) in [6, 6.07) is 22.3. The summed E-state index contributed by atoms with van der Waals surface area (Å²) in [6.45, 7) is 1.86. The van der Waals surface area contributed by atoms with Gasteiger partial charge in [0.25, 0.3) is 5.56 Å². The predicted molar refractivity (Wildman–Crippen MR) is 145 cm³/mol. The Morgan fingerprint density at radius 2 is 1.50 bits per heavy atom. The molecule has 40 heavy (non-hydrogen) atoms. The zero-order valence-corrected chi connectivity index (χ0v) is 22.6. The predicted octanol–water partition coefficient (Wildman–Crippen LogP) is 5.27. The zero-order valence-electron chi connectivity index (χ0n) is 21.0. The van der Waals surface area contributed by atoms with Gasteiger partial charge in [-0.3, -0.25) is 13.9 Å². The van der Waals surface area contributed by atoms with Gasteiger partial charge >= 0.3 is 17.8 Å². The van der Waals surface area contributed by atoms with Gasteiger partial charge in [-0.1, -0.05) is 82.7 Å². The van der Waals surface area contributed by atoms with Crippen molar-refractivity contribution in [3.8, 4) is 11.1 Å². The number of carbonyl (C=O) groups is 1. The van der Waals surface area contributed by atoms with E-state index >= 15 is 0 Å². The number of nitrogens with zero attached hydrogens (tertiary/aromatic N) is 2. The summed E-state index contributed by atoms with van der Waals surface area (Å²) in [7, 11) is 0. The number of hydrogen-bond acceptors (Lipinski definition) is 4. The van der Waals surface area contributed by atoms with Gasteiger partial charge in [-0.15, -0.1) is 0 Å². The molecule has 0 saturated carbocycles. The number of carboxylic acids is 1. The zero-order chi connectivity index (χ0) is 29.6. The van der Waals surface area contributed by atoms with Crippen LogP contribution in [0.4, 0.5) is 17.6 Å². The minimum absolute atomic E-state index is 0.0284. The summed E-state index contributed by atoms with van der Waals surface area (Å²) in [5.41, 5.74) is 7.68. The Morgan fingerprint density at radius 1 is 0.950 bits per heavy atom. The Bertz CT molecular complexity index is 1620. The first-order valence-electron chi connectivity index (χ1n) is 11.8. The lowest BCUT2D eigenvalue weighted by Crippen LogP contribution is -2.44. The third-order valence-electron chi connectivity index (χ3n) is 5.97. The van der Waals surface area contributed by atoms with E-state index in [0.29, 0.717) is 5.69 Å². The molecule has 0 spiro atoms. The lowest BCUT2D eigenvalue weighted by Gasteiger charge is -2.20. The van der Waals surface area contributed by atoms with Crippen molar-refractivity contribution in [1.29, 1.82) is 0 Å². The molecule has 0 fully saturated rings. The number of benzene rings is 3. The van der Waals surface area contributed by atoms with Crippen LogP contribution in [0.15, 0.2) is 92.9 Å². The molecule has 1 heterocycles. The van der Waals surface area contributed by atoms with Crippen molar-refractivity contribution < 1.29 is 27.5 Å². The fourth-order valence-corrected chi connectivity index (χ4v) is 4.33. The van der Waals surface area contributed by atoms with E-state index in [-0.39, 0.29) is 24.2 Å². The highest BCUT2D eigenvalue weighted by Crippen LogP contribution is 2.24. The summed E-state index contributed by atoms with van der Waals surface area (Å²) in [6.07, 6.45) is -5.08. The Hall–Kier alpha value is -4.03. The second kappa shape index (κ2) is 12.9. The molecule has 7 nitrogen and oxygen atoms in total. The van der Waals surface area contributed by atoms with Crippen molar-refractivity contribution >= 4 is 21.9 Å². The molecule has 4 rings (SSSR count). The van der Waals surface area contributed by atoms with E-state index < -0.39 is 35.3 Å². The molecule has 0 aliphatic heterocycles. The van der Waals surface area contributed by atoms with Gasteiger partial charge in [0.05, 0.1) is 18.7 Å². The van der Waals surface area contributed by atoms with Gasteiger partial charge in [0.15, 0.2) is 0 Å². The number of aromatic nitrogens is 2. The van der Waals surface area contributed by atoms with Crippen LogP contribution in [0.5, 0.6) is 0 Å². The van der Waals surface area contributed by atoms with Gasteiger partial charge in [0.1, 0.15) is 5.82 Å². The summed E-state index contributed by atoms with van der Waals surface area (Å²) in [5, 5.41) is 7.12. The van der Waals surface area contributed by atoms with Crippen LogP contribution < -0.4 is 17.0 Å². The Kier molecular flexibility index (Phi) is 9.83. The van der Waals surface area contributed by atoms with Gasteiger partial charge in [0.2, 0.25) is 0 Å². The maximum Gasteiger partial charge on any atom is 0.490 e. The highest BCUT2D eigenvalue weighted by Gasteiger charge is 2.38. The summed E-state index contributed by atoms with van der Waals surface area (Å²) >= 11 is 3.52. The monoisotopic (exact) mass is 621 g/mol. The van der Waals surface area contributed by atoms with Crippen LogP contribution in [0.3, 0.4) is 0 Å². The standard InChI is InChI=1S/C26H23BrFN3O2.C2HF3O2/c1-17-24(20-12-6-8-14-22(20)28)25(32)31(16-23(29)18-9-3-2-4-10-18)26(33)30(17)15-19-11-5-7-13-21(19)27;3-2(4,5)1(6)7/h2-14,23H,15-16,29H2,1H3;(H,6,7)/t23-;/m0./s1. The van der Waals surface area contributed by atoms with Crippen LogP contribution in [-0.2, 0) is 17.9 Å². The molecule has 0 aliphatic rings. The fourth-order valence-electron chi connectivity index (χ4n) is 3.92. The summed E-state index contributed by atoms with van der Waals surface area (Å²) in [5.74, 6) is -3.28. The van der Waals surface area contributed by atoms with E-state index in [2.05, 4.69) is 15.9 Å². The van der Waals surface area contributed by atoms with Crippen LogP contribution in [-0.4, -0.2) is 26.4 Å². The van der Waals surface area contributed by atoms with Gasteiger partial charge in [0, 0.05) is 21.8 Å². The number of carboxylic acid groups (broad SMARTS) is 1. The average molecular weight is 622 g/mol. The molecule has 3 aromatic carbocycles. The lowest BCUT2D eigenvalue weighted by molar-refractivity contribution is -0.192. The van der Waals surface area contributed by atoms with Crippen LogP contribution >= 0.6 is 15.9 Å². The third-order valence-corrected chi connectivity index (χ3v) is 6.74. The van der Waals surface area contributed by atoms with Gasteiger partial charge in [-0.2, -0.15) is 13.2 Å². The SMILES string of the molecule is Cc1c(-c2ccccc2F)c(=O)n(C[C@H](N)c2ccccc2)c(=O)n1Cc1ccccc1Br.O=C(O)C(F)(F)F. The second-order valence-corrected chi connectivity index (χ2v) is 9.49. The van der Waals surface area contributed by atoms with Crippen LogP contribution in [0.1, 0.15) is 22.9 Å². The van der Waals surface area contributed by atoms with E-state index in [1.807, 2.05) is 54.6 Å². The molecule has 1 aromatic heterocycles. The summed E-state index contributed by atoms with van der Waals surface area (Å²) in [4.78, 5) is 35.9. The molecular formula is C28H24BrF4N3O4. The number of nitrogens with two attached hydrogens (primary N) is 1. The highest BCUT2D eigenvalue weighted by atomic mass is 79.9. The first-order chi connectivity index (χ1) is 18.8. The van der Waals surface area contributed by atoms with Crippen LogP contribution in [0.2, 0.25) is 0 Å². The number of hydrogen-bond donors (Lipinski definition) is 2. The molecule has 0 bridgehead atoms. The number of halogens is 5. The quantitative estimate of drug-likeness (QED) is 0.285. The smallest absolute Gasteiger partial charge is 0.475 e. The van der Waals surface area contributed by atoms with Gasteiger partial charge in [-0.05, 0) is 30.2 Å². The molecule has 4 aromatic rings. The lowest BCUT2D eigenvalue weighted by atomic mass is 10.0. The van der Waals surface area contributed by atoms with Crippen molar-refractivity contribution in [3.05, 3.63) is 127 Å². The molecule has 1 atom stereocenters. The molecule has 0 amide bonds. The van der Waals surface area contributed by atoms with Crippen LogP contribution in [0.25, 0.3) is 11.1 Å². The third kappa shape index (κ3) is 7.13. The number of rotatable bonds is 6. The van der Waals surface area contributed by atoms with Crippen LogP contribution in [0, 0.1) is 12.7 Å². The van der Waals surface area contributed by atoms with E-state index in [9.17, 15) is 27.2 Å². The number of alkyl halides is 3. The van der Waals surface area contributed by atoms with Crippen molar-refractivity contribution in [3.63, 3.8) is 0 Å². The van der Waals surface area contributed by atoms with E-state index in [1.165, 1.54) is 10.6 Å². The van der Waals surface area contributed by atoms with Crippen molar-refractivity contribution in [2.45, 2.75) is 32.2 Å². The fraction of sp³-hybridized carbons (Fsp3) is 0.179. The Labute approximate surface area is 234 Å². The Morgan fingerprint density at radius 3 is 2.08 bits per heavy atom. The largest absolute Gasteiger partial charge is 0.490 e. The minimum Gasteiger partial charge on any atom is -0.475 e. The van der Waals surface area contributed by atoms with Gasteiger partial charge in [-0.25, -0.2) is 14.0 Å². The molecule has 0 unspecified atom stereocenters. The molecular weight excluding hydrogens is 598 g/mol. The molecule has 210 valence electrons. The minimum atomic E-state index is -5.08. The Balaban J connectivity index is 0.000000559. The van der Waals surface area contributed by atoms with Crippen molar-refractivity contribution in [1.82, 2.24) is 9.13 Å². The normalized spacial score (nSPS) is 11.9. The van der Waals surface area contributed by atoms with Crippen molar-refractivity contribution in [2.75, 3.05) is 0 Å². The van der Waals surface area contributed by atoms with E-state index in [0.717, 1.165) is 20.2 Å². The topological polar surface area (TPSA) is 107 Å². The van der Waals surface area contributed by atoms with Crippen molar-refractivity contribution in [2.24, 2.45) is 5.73 Å². The van der Waals surface area contributed by atoms with E-state index in [4.69, 9.17) is 15.6 Å². The number of aliphatic carboxylic acids is 1. The highest BCUT2D eigenvalue weighted by molar-refractivity contribution is 9.10. The molecule has 0 radical (unpaired) electrons. The molecule has 3 N–H and O–H groups in total. The average Bonchev–Trinajstić information content (AvgIpc) is 2.91.